The summed E-state index contributed by atoms with van der Waals surface area (Å²) in [5.41, 5.74) is 5.47. The standard InChI is InChI=1S/C28H28BrNO2/c1-19-7-2-4-11-23(19)25-17-20-8-3-5-12-24(20)27(25)13-15-28(16-14-27,26(31)32)30-22-10-6-9-21(29)18-22/h2-12,18,25,30H,13-17H2,1H3,(H,31,32). The molecule has 4 heteroatoms. The molecule has 1 fully saturated rings. The maximum Gasteiger partial charge on any atom is 0.329 e. The van der Waals surface area contributed by atoms with Gasteiger partial charge in [-0.15, -0.1) is 0 Å². The molecule has 0 bridgehead atoms. The number of anilines is 1. The van der Waals surface area contributed by atoms with Crippen LogP contribution in [0.5, 0.6) is 0 Å². The first-order chi connectivity index (χ1) is 15.4. The number of aryl methyl sites for hydroxylation is 1. The third-order valence-electron chi connectivity index (χ3n) is 7.82. The minimum atomic E-state index is -0.945. The lowest BCUT2D eigenvalue weighted by Gasteiger charge is -2.47. The van der Waals surface area contributed by atoms with Gasteiger partial charge in [-0.05, 0) is 85.4 Å². The van der Waals surface area contributed by atoms with Crippen LogP contribution in [0.2, 0.25) is 0 Å². The van der Waals surface area contributed by atoms with Crippen LogP contribution >= 0.6 is 15.9 Å². The Hall–Kier alpha value is -2.59. The summed E-state index contributed by atoms with van der Waals surface area (Å²) in [7, 11) is 0. The monoisotopic (exact) mass is 489 g/mol. The maximum atomic E-state index is 12.5. The van der Waals surface area contributed by atoms with Crippen LogP contribution in [0.15, 0.2) is 77.3 Å². The Kier molecular flexibility index (Phi) is 5.37. The summed E-state index contributed by atoms with van der Waals surface area (Å²) < 4.78 is 0.944. The number of carboxylic acids is 1. The number of halogens is 1. The van der Waals surface area contributed by atoms with Gasteiger partial charge < -0.3 is 10.4 Å². The summed E-state index contributed by atoms with van der Waals surface area (Å²) in [5.74, 6) is -0.371. The quantitative estimate of drug-likeness (QED) is 0.421. The molecule has 1 saturated carbocycles. The summed E-state index contributed by atoms with van der Waals surface area (Å²) in [4.78, 5) is 12.5. The minimum Gasteiger partial charge on any atom is -0.480 e. The van der Waals surface area contributed by atoms with Crippen LogP contribution < -0.4 is 5.32 Å². The van der Waals surface area contributed by atoms with Crippen molar-refractivity contribution in [2.24, 2.45) is 0 Å². The second-order valence-electron chi connectivity index (χ2n) is 9.45. The van der Waals surface area contributed by atoms with E-state index in [1.807, 2.05) is 24.3 Å². The van der Waals surface area contributed by atoms with Gasteiger partial charge in [-0.2, -0.15) is 0 Å². The van der Waals surface area contributed by atoms with Gasteiger partial charge in [0.1, 0.15) is 5.54 Å². The Balaban J connectivity index is 1.52. The van der Waals surface area contributed by atoms with E-state index in [0.717, 1.165) is 29.4 Å². The normalized spacial score (nSPS) is 26.6. The Morgan fingerprint density at radius 2 is 1.69 bits per heavy atom. The van der Waals surface area contributed by atoms with Crippen LogP contribution in [0.4, 0.5) is 5.69 Å². The van der Waals surface area contributed by atoms with E-state index in [0.29, 0.717) is 18.8 Å². The van der Waals surface area contributed by atoms with E-state index in [1.165, 1.54) is 22.3 Å². The summed E-state index contributed by atoms with van der Waals surface area (Å²) in [6, 6.07) is 25.3. The van der Waals surface area contributed by atoms with Crippen molar-refractivity contribution in [3.8, 4) is 0 Å². The number of rotatable bonds is 4. The lowest BCUT2D eigenvalue weighted by Crippen LogP contribution is -2.52. The van der Waals surface area contributed by atoms with E-state index in [9.17, 15) is 9.90 Å². The van der Waals surface area contributed by atoms with E-state index < -0.39 is 11.5 Å². The van der Waals surface area contributed by atoms with E-state index in [4.69, 9.17) is 0 Å². The van der Waals surface area contributed by atoms with Crippen LogP contribution in [0.1, 0.15) is 53.9 Å². The molecular formula is C28H28BrNO2. The molecule has 32 heavy (non-hydrogen) atoms. The largest absolute Gasteiger partial charge is 0.480 e. The summed E-state index contributed by atoms with van der Waals surface area (Å²) >= 11 is 3.50. The topological polar surface area (TPSA) is 49.3 Å². The number of carboxylic acid groups (broad SMARTS) is 1. The average molecular weight is 490 g/mol. The van der Waals surface area contributed by atoms with Gasteiger partial charge in [0.25, 0.3) is 0 Å². The van der Waals surface area contributed by atoms with E-state index in [2.05, 4.69) is 76.7 Å². The van der Waals surface area contributed by atoms with E-state index in [-0.39, 0.29) is 5.41 Å². The third kappa shape index (κ3) is 3.45. The van der Waals surface area contributed by atoms with Crippen LogP contribution in [0.25, 0.3) is 0 Å². The number of aliphatic carboxylic acids is 1. The summed E-state index contributed by atoms with van der Waals surface area (Å²) in [6.07, 6.45) is 3.95. The molecule has 0 aromatic heterocycles. The molecule has 2 aliphatic carbocycles. The Morgan fingerprint density at radius 3 is 2.41 bits per heavy atom. The molecule has 2 N–H and O–H groups in total. The van der Waals surface area contributed by atoms with Crippen molar-refractivity contribution in [1.82, 2.24) is 0 Å². The van der Waals surface area contributed by atoms with Gasteiger partial charge >= 0.3 is 5.97 Å². The first-order valence-corrected chi connectivity index (χ1v) is 12.1. The number of nitrogens with one attached hydrogen (secondary N) is 1. The summed E-state index contributed by atoms with van der Waals surface area (Å²) in [5, 5.41) is 13.7. The molecule has 1 spiro atoms. The fourth-order valence-corrected chi connectivity index (χ4v) is 6.55. The van der Waals surface area contributed by atoms with Gasteiger partial charge in [-0.25, -0.2) is 4.79 Å². The molecule has 2 aliphatic rings. The van der Waals surface area contributed by atoms with Gasteiger partial charge in [-0.3, -0.25) is 0 Å². The fourth-order valence-electron chi connectivity index (χ4n) is 6.15. The van der Waals surface area contributed by atoms with Gasteiger partial charge in [0.15, 0.2) is 0 Å². The Labute approximate surface area is 198 Å². The second kappa shape index (κ2) is 8.08. The molecule has 1 atom stereocenters. The Bertz CT molecular complexity index is 1160. The lowest BCUT2D eigenvalue weighted by atomic mass is 9.59. The Morgan fingerprint density at radius 1 is 0.969 bits per heavy atom. The molecule has 5 rings (SSSR count). The zero-order valence-corrected chi connectivity index (χ0v) is 19.9. The molecule has 0 heterocycles. The zero-order valence-electron chi connectivity index (χ0n) is 18.3. The summed E-state index contributed by atoms with van der Waals surface area (Å²) in [6.45, 7) is 2.20. The number of carbonyl (C=O) groups is 1. The number of fused-ring (bicyclic) bond motifs is 2. The molecule has 0 saturated heterocycles. The van der Waals surface area contributed by atoms with Crippen molar-refractivity contribution < 1.29 is 9.90 Å². The van der Waals surface area contributed by atoms with Crippen molar-refractivity contribution >= 4 is 27.6 Å². The highest BCUT2D eigenvalue weighted by Gasteiger charge is 2.54. The van der Waals surface area contributed by atoms with Gasteiger partial charge in [0, 0.05) is 15.6 Å². The number of hydrogen-bond donors (Lipinski definition) is 2. The van der Waals surface area contributed by atoms with Crippen LogP contribution in [0, 0.1) is 6.92 Å². The highest BCUT2D eigenvalue weighted by atomic mass is 79.9. The minimum absolute atomic E-state index is 0.0133. The second-order valence-corrected chi connectivity index (χ2v) is 10.4. The molecule has 1 unspecified atom stereocenters. The predicted octanol–water partition coefficient (Wildman–Crippen LogP) is 6.84. The van der Waals surface area contributed by atoms with Crippen LogP contribution in [0.3, 0.4) is 0 Å². The van der Waals surface area contributed by atoms with E-state index in [1.54, 1.807) is 0 Å². The smallest absolute Gasteiger partial charge is 0.329 e. The predicted molar refractivity (Wildman–Crippen MR) is 132 cm³/mol. The van der Waals surface area contributed by atoms with Gasteiger partial charge in [0.2, 0.25) is 0 Å². The lowest BCUT2D eigenvalue weighted by molar-refractivity contribution is -0.144. The third-order valence-corrected chi connectivity index (χ3v) is 8.32. The molecule has 3 nitrogen and oxygen atoms in total. The molecule has 3 aromatic rings. The molecule has 3 aromatic carbocycles. The van der Waals surface area contributed by atoms with Crippen molar-refractivity contribution in [2.75, 3.05) is 5.32 Å². The zero-order chi connectivity index (χ0) is 22.3. The number of hydrogen-bond acceptors (Lipinski definition) is 2. The highest BCUT2D eigenvalue weighted by molar-refractivity contribution is 9.10. The van der Waals surface area contributed by atoms with Gasteiger partial charge in [0.05, 0.1) is 0 Å². The van der Waals surface area contributed by atoms with Crippen LogP contribution in [-0.4, -0.2) is 16.6 Å². The maximum absolute atomic E-state index is 12.5. The molecule has 0 radical (unpaired) electrons. The molecule has 164 valence electrons. The first-order valence-electron chi connectivity index (χ1n) is 11.3. The molecular weight excluding hydrogens is 462 g/mol. The first kappa shape index (κ1) is 21.3. The SMILES string of the molecule is Cc1ccccc1C1Cc2ccccc2C12CCC(Nc1cccc(Br)c1)(C(=O)O)CC2. The van der Waals surface area contributed by atoms with Crippen molar-refractivity contribution in [1.29, 1.82) is 0 Å². The average Bonchev–Trinajstić information content (AvgIpc) is 3.10. The van der Waals surface area contributed by atoms with Crippen molar-refractivity contribution in [2.45, 2.75) is 55.9 Å². The van der Waals surface area contributed by atoms with Gasteiger partial charge in [-0.1, -0.05) is 70.5 Å². The van der Waals surface area contributed by atoms with Crippen LogP contribution in [-0.2, 0) is 16.6 Å². The molecule has 0 aliphatic heterocycles. The van der Waals surface area contributed by atoms with Crippen molar-refractivity contribution in [3.05, 3.63) is 99.5 Å². The molecule has 0 amide bonds. The highest BCUT2D eigenvalue weighted by Crippen LogP contribution is 2.58. The number of benzene rings is 3. The fraction of sp³-hybridized carbons (Fsp3) is 0.321. The van der Waals surface area contributed by atoms with E-state index >= 15 is 0 Å². The van der Waals surface area contributed by atoms with Crippen molar-refractivity contribution in [3.63, 3.8) is 0 Å².